The van der Waals surface area contributed by atoms with Crippen molar-refractivity contribution < 1.29 is 32.6 Å². The fourth-order valence-corrected chi connectivity index (χ4v) is 2.72. The highest BCUT2D eigenvalue weighted by molar-refractivity contribution is 5.91. The molecule has 0 aliphatic heterocycles. The van der Waals surface area contributed by atoms with E-state index in [9.17, 15) is 22.8 Å². The molecule has 1 aromatic heterocycles. The lowest BCUT2D eigenvalue weighted by molar-refractivity contribution is -0.153. The molecule has 1 aliphatic carbocycles. The standard InChI is InChI=1S/C15H17F3N2O4/c1-14(2)10(11(14)13(22)23)12(21)20-5-8-3-4-19-6-9(8)24-7-15(16,17)18/h3-4,6,10-11H,5,7H2,1-2H3,(H,20,21)(H,22,23)/t10-,11+/m1/s1. The van der Waals surface area contributed by atoms with Crippen LogP contribution in [0.25, 0.3) is 0 Å². The first kappa shape index (κ1) is 18.0. The molecule has 9 heteroatoms. The summed E-state index contributed by atoms with van der Waals surface area (Å²) in [6.45, 7) is 1.82. The number of aliphatic carboxylic acids is 1. The van der Waals surface area contributed by atoms with Gasteiger partial charge in [-0.1, -0.05) is 13.8 Å². The molecule has 0 unspecified atom stereocenters. The minimum Gasteiger partial charge on any atom is -0.482 e. The van der Waals surface area contributed by atoms with Gasteiger partial charge in [0.1, 0.15) is 5.75 Å². The van der Waals surface area contributed by atoms with Crippen LogP contribution >= 0.6 is 0 Å². The first-order valence-electron chi connectivity index (χ1n) is 7.17. The number of rotatable bonds is 6. The van der Waals surface area contributed by atoms with E-state index >= 15 is 0 Å². The number of aromatic nitrogens is 1. The van der Waals surface area contributed by atoms with E-state index in [1.54, 1.807) is 13.8 Å². The van der Waals surface area contributed by atoms with Crippen LogP contribution < -0.4 is 10.1 Å². The molecule has 1 amide bonds. The maximum Gasteiger partial charge on any atom is 0.422 e. The summed E-state index contributed by atoms with van der Waals surface area (Å²) in [6.07, 6.45) is -1.99. The van der Waals surface area contributed by atoms with Crippen molar-refractivity contribution in [3.05, 3.63) is 24.0 Å². The van der Waals surface area contributed by atoms with E-state index in [4.69, 9.17) is 5.11 Å². The number of ether oxygens (including phenoxy) is 1. The van der Waals surface area contributed by atoms with Gasteiger partial charge in [-0.2, -0.15) is 13.2 Å². The molecule has 24 heavy (non-hydrogen) atoms. The number of alkyl halides is 3. The molecular weight excluding hydrogens is 329 g/mol. The summed E-state index contributed by atoms with van der Waals surface area (Å²) < 4.78 is 41.4. The van der Waals surface area contributed by atoms with Gasteiger partial charge in [-0.25, -0.2) is 0 Å². The lowest BCUT2D eigenvalue weighted by Gasteiger charge is -2.13. The molecule has 1 aromatic rings. The van der Waals surface area contributed by atoms with Crippen molar-refractivity contribution in [2.75, 3.05) is 6.61 Å². The number of hydrogen-bond acceptors (Lipinski definition) is 4. The van der Waals surface area contributed by atoms with Crippen LogP contribution in [0.15, 0.2) is 18.5 Å². The highest BCUT2D eigenvalue weighted by atomic mass is 19.4. The maximum absolute atomic E-state index is 12.2. The molecule has 0 spiro atoms. The Morgan fingerprint density at radius 2 is 2.04 bits per heavy atom. The Balaban J connectivity index is 1.98. The van der Waals surface area contributed by atoms with Crippen molar-refractivity contribution in [2.45, 2.75) is 26.6 Å². The number of amides is 1. The fraction of sp³-hybridized carbons (Fsp3) is 0.533. The molecule has 0 bridgehead atoms. The summed E-state index contributed by atoms with van der Waals surface area (Å²) in [6, 6.07) is 1.43. The lowest BCUT2D eigenvalue weighted by atomic mass is 10.1. The zero-order valence-corrected chi connectivity index (χ0v) is 13.1. The third kappa shape index (κ3) is 3.95. The van der Waals surface area contributed by atoms with Gasteiger partial charge in [0.25, 0.3) is 0 Å². The van der Waals surface area contributed by atoms with Gasteiger partial charge in [0, 0.05) is 18.3 Å². The van der Waals surface area contributed by atoms with Gasteiger partial charge in [0.15, 0.2) is 6.61 Å². The molecule has 1 saturated carbocycles. The van der Waals surface area contributed by atoms with Gasteiger partial charge in [-0.3, -0.25) is 14.6 Å². The maximum atomic E-state index is 12.2. The number of carbonyl (C=O) groups excluding carboxylic acids is 1. The number of halogens is 3. The van der Waals surface area contributed by atoms with Gasteiger partial charge >= 0.3 is 12.1 Å². The van der Waals surface area contributed by atoms with Gasteiger partial charge in [0.2, 0.25) is 5.91 Å². The molecule has 0 saturated heterocycles. The molecule has 1 aliphatic rings. The van der Waals surface area contributed by atoms with E-state index < -0.39 is 41.9 Å². The Kier molecular flexibility index (Phi) is 4.73. The summed E-state index contributed by atoms with van der Waals surface area (Å²) in [5, 5.41) is 11.6. The van der Waals surface area contributed by atoms with Crippen LogP contribution in [0.3, 0.4) is 0 Å². The minimum absolute atomic E-state index is 0.0759. The van der Waals surface area contributed by atoms with Crippen LogP contribution in [-0.4, -0.2) is 34.8 Å². The molecule has 0 aromatic carbocycles. The average Bonchev–Trinajstić information content (AvgIpc) is 3.05. The van der Waals surface area contributed by atoms with Crippen LogP contribution in [0, 0.1) is 17.3 Å². The predicted molar refractivity (Wildman–Crippen MR) is 76.0 cm³/mol. The Labute approximate surface area is 136 Å². The van der Waals surface area contributed by atoms with E-state index in [2.05, 4.69) is 15.0 Å². The SMILES string of the molecule is CC1(C)[C@H](C(=O)O)[C@@H]1C(=O)NCc1ccncc1OCC(F)(F)F. The monoisotopic (exact) mass is 346 g/mol. The van der Waals surface area contributed by atoms with Crippen molar-refractivity contribution in [1.82, 2.24) is 10.3 Å². The topological polar surface area (TPSA) is 88.5 Å². The minimum atomic E-state index is -4.48. The zero-order chi connectivity index (χ0) is 18.1. The number of hydrogen-bond donors (Lipinski definition) is 2. The van der Waals surface area contributed by atoms with Gasteiger partial charge in [0.05, 0.1) is 18.0 Å². The number of nitrogens with zero attached hydrogens (tertiary/aromatic N) is 1. The first-order valence-corrected chi connectivity index (χ1v) is 7.17. The third-order valence-electron chi connectivity index (χ3n) is 4.09. The largest absolute Gasteiger partial charge is 0.482 e. The van der Waals surface area contributed by atoms with Crippen LogP contribution in [-0.2, 0) is 16.1 Å². The molecule has 132 valence electrons. The molecule has 1 fully saturated rings. The van der Waals surface area contributed by atoms with Crippen LogP contribution in [0.2, 0.25) is 0 Å². The highest BCUT2D eigenvalue weighted by Crippen LogP contribution is 2.58. The van der Waals surface area contributed by atoms with Gasteiger partial charge in [-0.15, -0.1) is 0 Å². The number of pyridine rings is 1. The summed E-state index contributed by atoms with van der Waals surface area (Å²) in [5.41, 5.74) is -0.322. The molecule has 1 heterocycles. The summed E-state index contributed by atoms with van der Waals surface area (Å²) in [7, 11) is 0. The second-order valence-corrected chi connectivity index (χ2v) is 6.22. The van der Waals surface area contributed by atoms with E-state index in [1.165, 1.54) is 12.3 Å². The zero-order valence-electron chi connectivity index (χ0n) is 13.1. The second-order valence-electron chi connectivity index (χ2n) is 6.22. The van der Waals surface area contributed by atoms with Gasteiger partial charge in [-0.05, 0) is 11.5 Å². The molecular formula is C15H17F3N2O4. The molecule has 2 N–H and O–H groups in total. The third-order valence-corrected chi connectivity index (χ3v) is 4.09. The lowest BCUT2D eigenvalue weighted by Crippen LogP contribution is -2.27. The van der Waals surface area contributed by atoms with Crippen LogP contribution in [0.1, 0.15) is 19.4 Å². The molecule has 2 atom stereocenters. The Morgan fingerprint density at radius 3 is 2.58 bits per heavy atom. The summed E-state index contributed by atoms with van der Waals surface area (Å²) >= 11 is 0. The Hall–Kier alpha value is -2.32. The van der Waals surface area contributed by atoms with E-state index in [1.807, 2.05) is 0 Å². The molecule has 6 nitrogen and oxygen atoms in total. The van der Waals surface area contributed by atoms with Crippen LogP contribution in [0.5, 0.6) is 5.75 Å². The quantitative estimate of drug-likeness (QED) is 0.822. The van der Waals surface area contributed by atoms with Gasteiger partial charge < -0.3 is 15.2 Å². The smallest absolute Gasteiger partial charge is 0.422 e. The Bertz CT molecular complexity index is 646. The summed E-state index contributed by atoms with van der Waals surface area (Å²) in [4.78, 5) is 26.9. The number of carboxylic acids is 1. The Morgan fingerprint density at radius 1 is 1.38 bits per heavy atom. The molecule has 0 radical (unpaired) electrons. The average molecular weight is 346 g/mol. The highest BCUT2D eigenvalue weighted by Gasteiger charge is 2.65. The molecule has 2 rings (SSSR count). The fourth-order valence-electron chi connectivity index (χ4n) is 2.72. The number of carboxylic acid groups (broad SMARTS) is 1. The van der Waals surface area contributed by atoms with E-state index in [-0.39, 0.29) is 12.3 Å². The normalized spacial score (nSPS) is 21.9. The van der Waals surface area contributed by atoms with E-state index in [0.29, 0.717) is 5.56 Å². The number of carbonyl (C=O) groups is 2. The van der Waals surface area contributed by atoms with Crippen LogP contribution in [0.4, 0.5) is 13.2 Å². The van der Waals surface area contributed by atoms with Crippen molar-refractivity contribution >= 4 is 11.9 Å². The van der Waals surface area contributed by atoms with Crippen molar-refractivity contribution in [3.63, 3.8) is 0 Å². The van der Waals surface area contributed by atoms with E-state index in [0.717, 1.165) is 6.20 Å². The summed E-state index contributed by atoms with van der Waals surface area (Å²) in [5.74, 6) is -3.02. The number of nitrogens with one attached hydrogen (secondary N) is 1. The predicted octanol–water partition coefficient (Wildman–Crippen LogP) is 2.00. The van der Waals surface area contributed by atoms with Crippen molar-refractivity contribution in [2.24, 2.45) is 17.3 Å². The first-order chi connectivity index (χ1) is 11.0. The van der Waals surface area contributed by atoms with Crippen molar-refractivity contribution in [1.29, 1.82) is 0 Å². The second kappa shape index (κ2) is 6.29. The van der Waals surface area contributed by atoms with Crippen molar-refractivity contribution in [3.8, 4) is 5.75 Å².